The number of imidazole rings is 1. The van der Waals surface area contributed by atoms with Crippen LogP contribution < -0.4 is 10.1 Å². The highest BCUT2D eigenvalue weighted by molar-refractivity contribution is 7.71. The van der Waals surface area contributed by atoms with Gasteiger partial charge in [-0.3, -0.25) is 4.79 Å². The smallest absolute Gasteiger partial charge is 0.240 e. The summed E-state index contributed by atoms with van der Waals surface area (Å²) in [6, 6.07) is 5.62. The van der Waals surface area contributed by atoms with Crippen LogP contribution in [0.15, 0.2) is 18.2 Å². The zero-order valence-electron chi connectivity index (χ0n) is 11.9. The zero-order valence-corrected chi connectivity index (χ0v) is 12.7. The van der Waals surface area contributed by atoms with E-state index in [0.717, 1.165) is 16.8 Å². The third kappa shape index (κ3) is 3.19. The number of fused-ring (bicyclic) bond motifs is 1. The van der Waals surface area contributed by atoms with E-state index in [1.165, 1.54) is 0 Å². The van der Waals surface area contributed by atoms with Crippen LogP contribution >= 0.6 is 12.2 Å². The van der Waals surface area contributed by atoms with Gasteiger partial charge in [0.05, 0.1) is 18.1 Å². The minimum absolute atomic E-state index is 0.0356. The Hall–Kier alpha value is -1.82. The Labute approximate surface area is 122 Å². The standard InChI is InChI=1S/C14H19N3O2S/c1-9(2)7-15-13(18)8-17-12-5-4-10(19-3)6-11(12)16-14(17)20/h4-6,9H,7-8H2,1-3H3,(H,15,18)(H,16,20). The Kier molecular flexibility index (Phi) is 4.44. The van der Waals surface area contributed by atoms with Crippen molar-refractivity contribution in [3.05, 3.63) is 23.0 Å². The number of aromatic nitrogens is 2. The molecule has 0 bridgehead atoms. The average Bonchev–Trinajstić information content (AvgIpc) is 2.72. The van der Waals surface area contributed by atoms with Crippen molar-refractivity contribution in [3.63, 3.8) is 0 Å². The summed E-state index contributed by atoms with van der Waals surface area (Å²) in [5, 5.41) is 2.89. The summed E-state index contributed by atoms with van der Waals surface area (Å²) in [7, 11) is 1.62. The van der Waals surface area contributed by atoms with E-state index in [-0.39, 0.29) is 12.5 Å². The van der Waals surface area contributed by atoms with E-state index in [1.54, 1.807) is 11.7 Å². The number of methoxy groups -OCH3 is 1. The molecule has 1 amide bonds. The first-order valence-corrected chi connectivity index (χ1v) is 6.95. The molecule has 0 unspecified atom stereocenters. The van der Waals surface area contributed by atoms with E-state index in [0.29, 0.717) is 17.2 Å². The molecule has 0 radical (unpaired) electrons. The molecule has 108 valence electrons. The van der Waals surface area contributed by atoms with Gasteiger partial charge in [-0.15, -0.1) is 0 Å². The first-order valence-electron chi connectivity index (χ1n) is 6.54. The van der Waals surface area contributed by atoms with Crippen molar-refractivity contribution in [2.24, 2.45) is 5.92 Å². The van der Waals surface area contributed by atoms with E-state index >= 15 is 0 Å². The van der Waals surface area contributed by atoms with Crippen molar-refractivity contribution in [1.82, 2.24) is 14.9 Å². The molecule has 2 rings (SSSR count). The number of carbonyl (C=O) groups excluding carboxylic acids is 1. The lowest BCUT2D eigenvalue weighted by Crippen LogP contribution is -2.30. The fraction of sp³-hybridized carbons (Fsp3) is 0.429. The zero-order chi connectivity index (χ0) is 14.7. The number of hydrogen-bond acceptors (Lipinski definition) is 3. The summed E-state index contributed by atoms with van der Waals surface area (Å²) in [6.45, 7) is 5.01. The van der Waals surface area contributed by atoms with Gasteiger partial charge in [0.15, 0.2) is 4.77 Å². The van der Waals surface area contributed by atoms with Crippen molar-refractivity contribution in [1.29, 1.82) is 0 Å². The predicted octanol–water partition coefficient (Wildman–Crippen LogP) is 2.48. The molecule has 0 saturated heterocycles. The predicted molar refractivity (Wildman–Crippen MR) is 81.5 cm³/mol. The second-order valence-electron chi connectivity index (χ2n) is 5.10. The van der Waals surface area contributed by atoms with Crippen molar-refractivity contribution in [2.45, 2.75) is 20.4 Å². The lowest BCUT2D eigenvalue weighted by atomic mass is 10.2. The summed E-state index contributed by atoms with van der Waals surface area (Å²) in [4.78, 5) is 15.0. The third-order valence-electron chi connectivity index (χ3n) is 2.99. The Morgan fingerprint density at radius 1 is 1.50 bits per heavy atom. The van der Waals surface area contributed by atoms with Gasteiger partial charge in [-0.1, -0.05) is 13.8 Å². The van der Waals surface area contributed by atoms with Crippen LogP contribution in [0.5, 0.6) is 5.75 Å². The Morgan fingerprint density at radius 2 is 2.25 bits per heavy atom. The van der Waals surface area contributed by atoms with Gasteiger partial charge in [-0.2, -0.15) is 0 Å². The van der Waals surface area contributed by atoms with Gasteiger partial charge in [0.25, 0.3) is 0 Å². The minimum Gasteiger partial charge on any atom is -0.497 e. The number of rotatable bonds is 5. The summed E-state index contributed by atoms with van der Waals surface area (Å²) < 4.78 is 7.50. The summed E-state index contributed by atoms with van der Waals surface area (Å²) in [6.07, 6.45) is 0. The molecule has 0 aliphatic rings. The van der Waals surface area contributed by atoms with Crippen LogP contribution in [-0.2, 0) is 11.3 Å². The van der Waals surface area contributed by atoms with E-state index in [4.69, 9.17) is 17.0 Å². The minimum atomic E-state index is -0.0356. The van der Waals surface area contributed by atoms with E-state index in [1.807, 2.05) is 18.2 Å². The number of ether oxygens (including phenoxy) is 1. The van der Waals surface area contributed by atoms with Gasteiger partial charge in [0.1, 0.15) is 12.3 Å². The SMILES string of the molecule is COc1ccc2c(c1)[nH]c(=S)n2CC(=O)NCC(C)C. The Balaban J connectivity index is 2.24. The molecule has 20 heavy (non-hydrogen) atoms. The van der Waals surface area contributed by atoms with Crippen LogP contribution in [0, 0.1) is 10.7 Å². The van der Waals surface area contributed by atoms with Gasteiger partial charge in [-0.25, -0.2) is 0 Å². The highest BCUT2D eigenvalue weighted by Crippen LogP contribution is 2.20. The highest BCUT2D eigenvalue weighted by atomic mass is 32.1. The van der Waals surface area contributed by atoms with Gasteiger partial charge in [0, 0.05) is 12.6 Å². The molecule has 1 aromatic heterocycles. The molecule has 0 atom stereocenters. The average molecular weight is 293 g/mol. The number of nitrogens with one attached hydrogen (secondary N) is 2. The molecular weight excluding hydrogens is 274 g/mol. The van der Waals surface area contributed by atoms with Gasteiger partial charge in [0.2, 0.25) is 5.91 Å². The molecule has 0 fully saturated rings. The maximum absolute atomic E-state index is 11.9. The number of hydrogen-bond donors (Lipinski definition) is 2. The molecule has 0 aliphatic carbocycles. The lowest BCUT2D eigenvalue weighted by molar-refractivity contribution is -0.121. The topological polar surface area (TPSA) is 59.0 Å². The van der Waals surface area contributed by atoms with Crippen molar-refractivity contribution in [3.8, 4) is 5.75 Å². The quantitative estimate of drug-likeness (QED) is 0.833. The third-order valence-corrected chi connectivity index (χ3v) is 3.31. The summed E-state index contributed by atoms with van der Waals surface area (Å²) >= 11 is 5.27. The largest absolute Gasteiger partial charge is 0.497 e. The van der Waals surface area contributed by atoms with E-state index in [2.05, 4.69) is 24.1 Å². The van der Waals surface area contributed by atoms with E-state index in [9.17, 15) is 4.79 Å². The Bertz CT molecular complexity index is 673. The van der Waals surface area contributed by atoms with Crippen LogP contribution in [0.25, 0.3) is 11.0 Å². The number of benzene rings is 1. The molecule has 0 spiro atoms. The summed E-state index contributed by atoms with van der Waals surface area (Å²) in [5.74, 6) is 1.15. The molecule has 1 aromatic carbocycles. The number of nitrogens with zero attached hydrogens (tertiary/aromatic N) is 1. The second kappa shape index (κ2) is 6.09. The fourth-order valence-electron chi connectivity index (χ4n) is 1.94. The fourth-order valence-corrected chi connectivity index (χ4v) is 2.22. The maximum atomic E-state index is 11.9. The van der Waals surface area contributed by atoms with Crippen molar-refractivity contribution < 1.29 is 9.53 Å². The molecule has 2 N–H and O–H groups in total. The van der Waals surface area contributed by atoms with E-state index < -0.39 is 0 Å². The normalized spacial score (nSPS) is 11.0. The molecule has 0 saturated carbocycles. The lowest BCUT2D eigenvalue weighted by Gasteiger charge is -2.09. The number of aromatic amines is 1. The van der Waals surface area contributed by atoms with Crippen molar-refractivity contribution >= 4 is 29.2 Å². The molecule has 1 heterocycles. The number of amides is 1. The van der Waals surface area contributed by atoms with Crippen molar-refractivity contribution in [2.75, 3.05) is 13.7 Å². The highest BCUT2D eigenvalue weighted by Gasteiger charge is 2.09. The van der Waals surface area contributed by atoms with Crippen LogP contribution in [0.2, 0.25) is 0 Å². The summed E-state index contributed by atoms with van der Waals surface area (Å²) in [5.41, 5.74) is 1.77. The molecule has 2 aromatic rings. The molecule has 0 aliphatic heterocycles. The maximum Gasteiger partial charge on any atom is 0.240 e. The van der Waals surface area contributed by atoms with Gasteiger partial charge < -0.3 is 19.6 Å². The van der Waals surface area contributed by atoms with Gasteiger partial charge in [-0.05, 0) is 30.3 Å². The van der Waals surface area contributed by atoms with Crippen LogP contribution in [0.1, 0.15) is 13.8 Å². The number of H-pyrrole nitrogens is 1. The number of carbonyl (C=O) groups is 1. The molecule has 5 nitrogen and oxygen atoms in total. The van der Waals surface area contributed by atoms with Crippen LogP contribution in [0.3, 0.4) is 0 Å². The first kappa shape index (κ1) is 14.6. The van der Waals surface area contributed by atoms with Crippen LogP contribution in [0.4, 0.5) is 0 Å². The van der Waals surface area contributed by atoms with Gasteiger partial charge >= 0.3 is 0 Å². The molecular formula is C14H19N3O2S. The molecule has 6 heteroatoms. The van der Waals surface area contributed by atoms with Crippen LogP contribution in [-0.4, -0.2) is 29.1 Å². The Morgan fingerprint density at radius 3 is 2.90 bits per heavy atom. The first-order chi connectivity index (χ1) is 9.51. The monoisotopic (exact) mass is 293 g/mol. The second-order valence-corrected chi connectivity index (χ2v) is 5.48.